The summed E-state index contributed by atoms with van der Waals surface area (Å²) in [7, 11) is 1.66. The highest BCUT2D eigenvalue weighted by Crippen LogP contribution is 2.67. The fraction of sp³-hybridized carbons (Fsp3) is 0.633. The molecular formula is C30H42O5. The van der Waals surface area contributed by atoms with Crippen molar-refractivity contribution in [2.75, 3.05) is 26.9 Å². The molecule has 5 atom stereocenters. The zero-order chi connectivity index (χ0) is 25.3. The molecule has 0 aromatic heterocycles. The van der Waals surface area contributed by atoms with Crippen molar-refractivity contribution in [1.29, 1.82) is 0 Å². The number of rotatable bonds is 10. The van der Waals surface area contributed by atoms with Crippen LogP contribution in [0.1, 0.15) is 58.4 Å². The average Bonchev–Trinajstić information content (AvgIpc) is 3.48. The Bertz CT molecular complexity index is 933. The molecule has 4 rings (SSSR count). The van der Waals surface area contributed by atoms with Crippen LogP contribution in [0, 0.1) is 28.1 Å². The molecule has 1 aliphatic heterocycles. The molecule has 3 fully saturated rings. The largest absolute Gasteiger partial charge is 0.497 e. The van der Waals surface area contributed by atoms with E-state index in [0.29, 0.717) is 32.8 Å². The molecule has 192 valence electrons. The van der Waals surface area contributed by atoms with E-state index >= 15 is 0 Å². The maximum atomic E-state index is 14.3. The van der Waals surface area contributed by atoms with E-state index in [1.54, 1.807) is 7.11 Å². The molecule has 1 aromatic carbocycles. The summed E-state index contributed by atoms with van der Waals surface area (Å²) in [4.78, 5) is 14.3. The van der Waals surface area contributed by atoms with Gasteiger partial charge in [-0.1, -0.05) is 45.1 Å². The summed E-state index contributed by atoms with van der Waals surface area (Å²) in [5.41, 5.74) is -0.107. The zero-order valence-corrected chi connectivity index (χ0v) is 21.9. The van der Waals surface area contributed by atoms with E-state index in [2.05, 4.69) is 40.0 Å². The second-order valence-corrected chi connectivity index (χ2v) is 11.4. The van der Waals surface area contributed by atoms with Crippen LogP contribution in [0.4, 0.5) is 0 Å². The standard InChI is InChI=1S/C30H42O5/c1-7-27(4,21-33-20-23-9-11-24(32-6)12-10-23)19-25(31)28(5)22(3)13-14-29(8-2)15-16-30(26(28)29)34-17-18-35-30/h7-12,22,26H,1-2,13-21H2,3-6H3/t22-,26?,27+,28+,29+/m1/s1. The van der Waals surface area contributed by atoms with Gasteiger partial charge < -0.3 is 18.9 Å². The van der Waals surface area contributed by atoms with Crippen LogP contribution in [0.2, 0.25) is 0 Å². The molecule has 1 aromatic rings. The first-order valence-corrected chi connectivity index (χ1v) is 13.0. The van der Waals surface area contributed by atoms with Gasteiger partial charge >= 0.3 is 0 Å². The van der Waals surface area contributed by atoms with Crippen molar-refractivity contribution in [3.63, 3.8) is 0 Å². The predicted octanol–water partition coefficient (Wildman–Crippen LogP) is 6.13. The normalized spacial score (nSPS) is 33.1. The van der Waals surface area contributed by atoms with Crippen LogP contribution in [0.3, 0.4) is 0 Å². The van der Waals surface area contributed by atoms with Crippen molar-refractivity contribution in [2.24, 2.45) is 28.1 Å². The highest BCUT2D eigenvalue weighted by Gasteiger charge is 2.69. The lowest BCUT2D eigenvalue weighted by molar-refractivity contribution is -0.233. The molecule has 1 heterocycles. The predicted molar refractivity (Wildman–Crippen MR) is 137 cm³/mol. The lowest BCUT2D eigenvalue weighted by Crippen LogP contribution is -2.58. The number of Topliss-reactive ketones (excluding diaryl/α,β-unsaturated/α-hetero) is 1. The summed E-state index contributed by atoms with van der Waals surface area (Å²) in [5, 5.41) is 0. The number of hydrogen-bond donors (Lipinski definition) is 0. The number of benzene rings is 1. The number of carbonyl (C=O) groups is 1. The lowest BCUT2D eigenvalue weighted by atomic mass is 9.49. The quantitative estimate of drug-likeness (QED) is 0.376. The molecule has 1 spiro atoms. The zero-order valence-electron chi connectivity index (χ0n) is 21.9. The number of fused-ring (bicyclic) bond motifs is 2. The van der Waals surface area contributed by atoms with Crippen molar-refractivity contribution < 1.29 is 23.7 Å². The van der Waals surface area contributed by atoms with Gasteiger partial charge in [0.2, 0.25) is 0 Å². The summed E-state index contributed by atoms with van der Waals surface area (Å²) in [6.45, 7) is 16.8. The molecule has 1 unspecified atom stereocenters. The van der Waals surface area contributed by atoms with E-state index in [4.69, 9.17) is 18.9 Å². The van der Waals surface area contributed by atoms with Gasteiger partial charge in [0.1, 0.15) is 11.5 Å². The molecule has 3 aliphatic rings. The SMILES string of the molecule is C=C[C@](C)(COCc1ccc(OC)cc1)CC(=O)[C@@]1(C)C2C3(CC[C@]2(C=C)CC[C@H]1C)OCCO3. The molecule has 2 saturated carbocycles. The Hall–Kier alpha value is -1.95. The summed E-state index contributed by atoms with van der Waals surface area (Å²) in [6, 6.07) is 7.85. The highest BCUT2D eigenvalue weighted by atomic mass is 16.7. The van der Waals surface area contributed by atoms with Crippen molar-refractivity contribution >= 4 is 5.78 Å². The van der Waals surface area contributed by atoms with Gasteiger partial charge in [0.15, 0.2) is 5.79 Å². The fourth-order valence-electron chi connectivity index (χ4n) is 6.93. The number of hydrogen-bond acceptors (Lipinski definition) is 5. The minimum atomic E-state index is -0.678. The molecule has 0 bridgehead atoms. The van der Waals surface area contributed by atoms with E-state index < -0.39 is 16.6 Å². The molecule has 0 amide bonds. The van der Waals surface area contributed by atoms with Gasteiger partial charge in [-0.25, -0.2) is 0 Å². The van der Waals surface area contributed by atoms with Gasteiger partial charge in [-0.3, -0.25) is 4.79 Å². The van der Waals surface area contributed by atoms with E-state index in [9.17, 15) is 4.79 Å². The molecule has 1 saturated heterocycles. The average molecular weight is 483 g/mol. The Morgan fingerprint density at radius 2 is 1.86 bits per heavy atom. The van der Waals surface area contributed by atoms with Crippen LogP contribution >= 0.6 is 0 Å². The minimum absolute atomic E-state index is 0.0342. The lowest BCUT2D eigenvalue weighted by Gasteiger charge is -2.55. The molecule has 35 heavy (non-hydrogen) atoms. The van der Waals surface area contributed by atoms with Crippen LogP contribution in [-0.4, -0.2) is 38.5 Å². The third-order valence-electron chi connectivity index (χ3n) is 9.32. The van der Waals surface area contributed by atoms with E-state index in [1.165, 1.54) is 0 Å². The molecule has 0 radical (unpaired) electrons. The smallest absolute Gasteiger partial charge is 0.173 e. The molecule has 5 nitrogen and oxygen atoms in total. The first-order chi connectivity index (χ1) is 16.7. The minimum Gasteiger partial charge on any atom is -0.497 e. The van der Waals surface area contributed by atoms with E-state index in [0.717, 1.165) is 37.0 Å². The monoisotopic (exact) mass is 482 g/mol. The van der Waals surface area contributed by atoms with Crippen molar-refractivity contribution in [2.45, 2.75) is 65.3 Å². The Labute approximate surface area is 210 Å². The fourth-order valence-corrected chi connectivity index (χ4v) is 6.93. The van der Waals surface area contributed by atoms with Crippen molar-refractivity contribution in [3.8, 4) is 5.75 Å². The van der Waals surface area contributed by atoms with Crippen LogP contribution in [-0.2, 0) is 25.6 Å². The van der Waals surface area contributed by atoms with Crippen LogP contribution in [0.15, 0.2) is 49.6 Å². The van der Waals surface area contributed by atoms with Gasteiger partial charge in [0.25, 0.3) is 0 Å². The number of ketones is 1. The summed E-state index contributed by atoms with van der Waals surface area (Å²) < 4.78 is 23.9. The first kappa shape index (κ1) is 26.1. The third kappa shape index (κ3) is 4.52. The number of ether oxygens (including phenoxy) is 4. The first-order valence-electron chi connectivity index (χ1n) is 13.0. The maximum absolute atomic E-state index is 14.3. The summed E-state index contributed by atoms with van der Waals surface area (Å²) >= 11 is 0. The van der Waals surface area contributed by atoms with Gasteiger partial charge in [0, 0.05) is 29.6 Å². The Morgan fingerprint density at radius 3 is 2.46 bits per heavy atom. The van der Waals surface area contributed by atoms with Crippen molar-refractivity contribution in [3.05, 3.63) is 55.1 Å². The molecule has 0 N–H and O–H groups in total. The van der Waals surface area contributed by atoms with Crippen LogP contribution in [0.5, 0.6) is 5.75 Å². The second kappa shape index (κ2) is 9.84. The number of methoxy groups -OCH3 is 1. The topological polar surface area (TPSA) is 54.0 Å². The summed E-state index contributed by atoms with van der Waals surface area (Å²) in [6.07, 6.45) is 8.16. The number of carbonyl (C=O) groups excluding carboxylic acids is 1. The van der Waals surface area contributed by atoms with Crippen LogP contribution in [0.25, 0.3) is 0 Å². The second-order valence-electron chi connectivity index (χ2n) is 11.4. The Morgan fingerprint density at radius 1 is 1.17 bits per heavy atom. The van der Waals surface area contributed by atoms with Gasteiger partial charge in [-0.15, -0.1) is 13.2 Å². The number of allylic oxidation sites excluding steroid dienone is 1. The van der Waals surface area contributed by atoms with E-state index in [1.807, 2.05) is 30.3 Å². The summed E-state index contributed by atoms with van der Waals surface area (Å²) in [5.74, 6) is 0.582. The Kier molecular flexibility index (Phi) is 7.34. The maximum Gasteiger partial charge on any atom is 0.173 e. The van der Waals surface area contributed by atoms with Gasteiger partial charge in [-0.2, -0.15) is 0 Å². The molecule has 5 heteroatoms. The van der Waals surface area contributed by atoms with Gasteiger partial charge in [0.05, 0.1) is 33.5 Å². The van der Waals surface area contributed by atoms with Gasteiger partial charge in [-0.05, 0) is 48.3 Å². The molecule has 2 aliphatic carbocycles. The molecular weight excluding hydrogens is 440 g/mol. The Balaban J connectivity index is 1.52. The third-order valence-corrected chi connectivity index (χ3v) is 9.32. The van der Waals surface area contributed by atoms with E-state index in [-0.39, 0.29) is 23.0 Å². The van der Waals surface area contributed by atoms with Crippen molar-refractivity contribution in [1.82, 2.24) is 0 Å². The van der Waals surface area contributed by atoms with Crippen LogP contribution < -0.4 is 4.74 Å². The highest BCUT2D eigenvalue weighted by molar-refractivity contribution is 5.86.